The van der Waals surface area contributed by atoms with Crippen LogP contribution in [0.1, 0.15) is 61.2 Å². The summed E-state index contributed by atoms with van der Waals surface area (Å²) >= 11 is 17.5. The van der Waals surface area contributed by atoms with Gasteiger partial charge in [-0.2, -0.15) is 10.5 Å². The summed E-state index contributed by atoms with van der Waals surface area (Å²) in [5.41, 5.74) is 2.87. The molecule has 250 valence electrons. The maximum Gasteiger partial charge on any atom is 1.00 e. The van der Waals surface area contributed by atoms with Crippen LogP contribution in [0.5, 0.6) is 0 Å². The van der Waals surface area contributed by atoms with Crippen molar-refractivity contribution < 1.29 is 50.0 Å². The number of nitrogens with zero attached hydrogens (tertiary/aromatic N) is 5. The number of halogens is 3. The number of nitriles is 2. The fraction of sp³-hybridized carbons (Fsp3) is 0.382. The minimum absolute atomic E-state index is 0. The number of aliphatic imine (C=N–C) groups is 1. The Hall–Kier alpha value is -3.22. The molecule has 1 aromatic heterocycles. The Labute approximate surface area is 320 Å². The predicted molar refractivity (Wildman–Crippen MR) is 187 cm³/mol. The molecule has 0 saturated heterocycles. The maximum atomic E-state index is 12.2. The SMILES string of the molecule is CCC(CC)COC(=O)/C(C#N)=C1\Nc2ccccc2N=C1Cl.CCC(CC)COC(=O)CC#N.Clc1nc2ccccc2nc1Cl.[H-].[Na+]. The van der Waals surface area contributed by atoms with E-state index in [1.54, 1.807) is 18.2 Å². The first kappa shape index (κ1) is 42.8. The number of nitrogens with one attached hydrogen (secondary N) is 1. The molecule has 0 amide bonds. The molecule has 3 aromatic rings. The normalized spacial score (nSPS) is 12.3. The Morgan fingerprint density at radius 2 is 1.33 bits per heavy atom. The third-order valence-electron chi connectivity index (χ3n) is 7.11. The molecule has 1 N–H and O–H groups in total. The number of hydrogen-bond acceptors (Lipinski definition) is 10. The van der Waals surface area contributed by atoms with E-state index in [4.69, 9.17) is 49.5 Å². The van der Waals surface area contributed by atoms with Gasteiger partial charge in [-0.05, 0) is 36.1 Å². The van der Waals surface area contributed by atoms with Gasteiger partial charge in [0.1, 0.15) is 18.2 Å². The number of esters is 2. The minimum atomic E-state index is -0.686. The molecule has 0 aliphatic carbocycles. The summed E-state index contributed by atoms with van der Waals surface area (Å²) in [5, 5.41) is 21.0. The van der Waals surface area contributed by atoms with Crippen molar-refractivity contribution in [3.8, 4) is 12.1 Å². The number of ether oxygens (including phenoxy) is 2. The van der Waals surface area contributed by atoms with Crippen LogP contribution in [0.25, 0.3) is 11.0 Å². The third-order valence-corrected chi connectivity index (χ3v) is 8.00. The van der Waals surface area contributed by atoms with E-state index in [0.717, 1.165) is 36.7 Å². The number of benzene rings is 2. The molecule has 1 aliphatic rings. The monoisotopic (exact) mass is 722 g/mol. The molecule has 0 saturated carbocycles. The second-order valence-corrected chi connectivity index (χ2v) is 11.3. The molecular weight excluding hydrogens is 686 g/mol. The molecule has 0 bridgehead atoms. The summed E-state index contributed by atoms with van der Waals surface area (Å²) in [5.74, 6) is -0.375. The zero-order chi connectivity index (χ0) is 34.8. The first-order valence-corrected chi connectivity index (χ1v) is 16.3. The number of carbonyl (C=O) groups is 2. The molecule has 0 spiro atoms. The first-order chi connectivity index (χ1) is 22.6. The largest absolute Gasteiger partial charge is 1.00 e. The van der Waals surface area contributed by atoms with Gasteiger partial charge in [0.15, 0.2) is 21.1 Å². The van der Waals surface area contributed by atoms with Crippen LogP contribution in [0.15, 0.2) is 64.8 Å². The molecule has 0 unspecified atom stereocenters. The first-order valence-electron chi connectivity index (χ1n) is 15.1. The van der Waals surface area contributed by atoms with E-state index >= 15 is 0 Å². The number of carbonyl (C=O) groups excluding carboxylic acids is 2. The molecule has 0 radical (unpaired) electrons. The van der Waals surface area contributed by atoms with Gasteiger partial charge in [-0.15, -0.1) is 0 Å². The van der Waals surface area contributed by atoms with Crippen LogP contribution >= 0.6 is 34.8 Å². The fourth-order valence-corrected chi connectivity index (χ4v) is 4.49. The van der Waals surface area contributed by atoms with Gasteiger partial charge in [0.05, 0.1) is 41.7 Å². The summed E-state index contributed by atoms with van der Waals surface area (Å²) in [6, 6.07) is 18.3. The maximum absolute atomic E-state index is 12.2. The second kappa shape index (κ2) is 23.2. The number of aromatic nitrogens is 2. The van der Waals surface area contributed by atoms with Crippen molar-refractivity contribution in [1.82, 2.24) is 9.97 Å². The van der Waals surface area contributed by atoms with Crippen LogP contribution in [-0.2, 0) is 19.1 Å². The van der Waals surface area contributed by atoms with Crippen molar-refractivity contribution in [2.24, 2.45) is 16.8 Å². The smallest absolute Gasteiger partial charge is 1.00 e. The topological polar surface area (TPSA) is 150 Å². The van der Waals surface area contributed by atoms with E-state index in [2.05, 4.69) is 34.1 Å². The number of fused-ring (bicyclic) bond motifs is 2. The van der Waals surface area contributed by atoms with Crippen LogP contribution in [0, 0.1) is 34.5 Å². The average Bonchev–Trinajstić information content (AvgIpc) is 3.07. The van der Waals surface area contributed by atoms with Gasteiger partial charge in [-0.3, -0.25) is 4.79 Å². The molecule has 2 heterocycles. The Bertz CT molecular complexity index is 1630. The molecule has 1 aliphatic heterocycles. The Kier molecular flexibility index (Phi) is 20.7. The van der Waals surface area contributed by atoms with E-state index in [-0.39, 0.29) is 76.7 Å². The zero-order valence-corrected chi connectivity index (χ0v) is 32.0. The Morgan fingerprint density at radius 3 is 1.83 bits per heavy atom. The van der Waals surface area contributed by atoms with Gasteiger partial charge in [0.25, 0.3) is 0 Å². The average molecular weight is 724 g/mol. The molecular formula is C34H38Cl3N6NaO4. The predicted octanol–water partition coefficient (Wildman–Crippen LogP) is 6.07. The van der Waals surface area contributed by atoms with Crippen molar-refractivity contribution in [2.75, 3.05) is 18.5 Å². The fourth-order valence-electron chi connectivity index (χ4n) is 3.99. The van der Waals surface area contributed by atoms with E-state index in [1.807, 2.05) is 56.3 Å². The van der Waals surface area contributed by atoms with Crippen LogP contribution in [0.4, 0.5) is 11.4 Å². The molecule has 0 atom stereocenters. The molecule has 0 fully saturated rings. The summed E-state index contributed by atoms with van der Waals surface area (Å²) in [7, 11) is 0. The van der Waals surface area contributed by atoms with E-state index in [1.165, 1.54) is 0 Å². The number of allylic oxidation sites excluding steroid dienone is 1. The zero-order valence-electron chi connectivity index (χ0n) is 28.7. The third kappa shape index (κ3) is 13.7. The van der Waals surface area contributed by atoms with E-state index in [9.17, 15) is 14.9 Å². The van der Waals surface area contributed by atoms with Crippen LogP contribution in [-0.4, -0.2) is 40.3 Å². The summed E-state index contributed by atoms with van der Waals surface area (Å²) in [6.07, 6.45) is 3.71. The van der Waals surface area contributed by atoms with E-state index in [0.29, 0.717) is 23.9 Å². The summed E-state index contributed by atoms with van der Waals surface area (Å²) in [4.78, 5) is 35.2. The van der Waals surface area contributed by atoms with Gasteiger partial charge in [0.2, 0.25) is 0 Å². The van der Waals surface area contributed by atoms with Gasteiger partial charge < -0.3 is 16.2 Å². The molecule has 2 aromatic carbocycles. The van der Waals surface area contributed by atoms with Crippen LogP contribution in [0.3, 0.4) is 0 Å². The number of rotatable bonds is 10. The molecule has 14 heteroatoms. The standard InChI is InChI=1S/C17H18ClN3O2.C9H15NO2.C8H4Cl2N2.Na.H/c1-3-11(4-2)10-23-17(22)12(9-19)15-16(18)21-14-8-6-5-7-13(14)20-15;1-3-8(4-2)7-12-9(11)5-6-10;9-7-8(10)12-6-4-2-1-3-5(6)11-7;;/h5-8,11,20H,3-4,10H2,1-2H3;8H,3-5,7H2,1-2H3;1-4H;;/q;;;+1;-1/b15-12-;;;;. The Balaban J connectivity index is 0.000000754. The summed E-state index contributed by atoms with van der Waals surface area (Å²) in [6.45, 7) is 8.94. The van der Waals surface area contributed by atoms with Gasteiger partial charge in [-0.1, -0.05) is 112 Å². The number of hydrogen-bond donors (Lipinski definition) is 1. The molecule has 48 heavy (non-hydrogen) atoms. The Morgan fingerprint density at radius 1 is 0.833 bits per heavy atom. The van der Waals surface area contributed by atoms with E-state index < -0.39 is 11.9 Å². The number of anilines is 1. The van der Waals surface area contributed by atoms with Crippen molar-refractivity contribution in [1.29, 1.82) is 10.5 Å². The molecule has 4 rings (SSSR count). The van der Waals surface area contributed by atoms with Crippen molar-refractivity contribution >= 4 is 74.3 Å². The molecule has 10 nitrogen and oxygen atoms in total. The van der Waals surface area contributed by atoms with Crippen LogP contribution in [0.2, 0.25) is 10.3 Å². The second-order valence-electron chi connectivity index (χ2n) is 10.2. The van der Waals surface area contributed by atoms with Crippen LogP contribution < -0.4 is 34.9 Å². The summed E-state index contributed by atoms with van der Waals surface area (Å²) < 4.78 is 10.1. The van der Waals surface area contributed by atoms with Crippen molar-refractivity contribution in [3.05, 3.63) is 70.1 Å². The minimum Gasteiger partial charge on any atom is -1.00 e. The van der Waals surface area contributed by atoms with Gasteiger partial charge >= 0.3 is 41.5 Å². The quantitative estimate of drug-likeness (QED) is 0.114. The number of para-hydroxylation sites is 4. The van der Waals surface area contributed by atoms with Crippen molar-refractivity contribution in [2.45, 2.75) is 59.8 Å². The van der Waals surface area contributed by atoms with Gasteiger partial charge in [-0.25, -0.2) is 19.8 Å². The van der Waals surface area contributed by atoms with Crippen molar-refractivity contribution in [3.63, 3.8) is 0 Å². The van der Waals surface area contributed by atoms with Gasteiger partial charge in [0, 0.05) is 0 Å².